The van der Waals surface area contributed by atoms with Gasteiger partial charge in [-0.2, -0.15) is 0 Å². The summed E-state index contributed by atoms with van der Waals surface area (Å²) in [4.78, 5) is 2.50. The number of nitrogens with zero attached hydrogens (tertiary/aromatic N) is 1. The van der Waals surface area contributed by atoms with E-state index in [0.29, 0.717) is 5.11 Å². The number of hydrogen-bond donors (Lipinski definition) is 2. The smallest absolute Gasteiger partial charge is 0.170 e. The van der Waals surface area contributed by atoms with E-state index in [4.69, 9.17) is 12.2 Å². The van der Waals surface area contributed by atoms with Crippen LogP contribution in [0.1, 0.15) is 24.0 Å². The molecule has 2 aromatic rings. The Morgan fingerprint density at radius 2 is 2.08 bits per heavy atom. The van der Waals surface area contributed by atoms with Gasteiger partial charge in [-0.3, -0.25) is 0 Å². The summed E-state index contributed by atoms with van der Waals surface area (Å²) in [7, 11) is 0. The van der Waals surface area contributed by atoms with Gasteiger partial charge in [-0.25, -0.2) is 0 Å². The highest BCUT2D eigenvalue weighted by atomic mass is 79.9. The highest BCUT2D eigenvalue weighted by Crippen LogP contribution is 2.26. The van der Waals surface area contributed by atoms with E-state index in [9.17, 15) is 0 Å². The molecule has 1 heterocycles. The lowest BCUT2D eigenvalue weighted by molar-refractivity contribution is 0.658. The molecular formula is C20H24BrN3S. The summed E-state index contributed by atoms with van der Waals surface area (Å²) in [6.07, 6.45) is 3.51. The van der Waals surface area contributed by atoms with Crippen LogP contribution in [0.15, 0.2) is 46.9 Å². The quantitative estimate of drug-likeness (QED) is 0.534. The van der Waals surface area contributed by atoms with Crippen molar-refractivity contribution in [3.63, 3.8) is 0 Å². The topological polar surface area (TPSA) is 27.3 Å². The zero-order valence-corrected chi connectivity index (χ0v) is 16.9. The molecule has 0 amide bonds. The molecule has 3 nitrogen and oxygen atoms in total. The first-order valence-corrected chi connectivity index (χ1v) is 9.97. The molecule has 25 heavy (non-hydrogen) atoms. The van der Waals surface area contributed by atoms with E-state index < -0.39 is 0 Å². The van der Waals surface area contributed by atoms with E-state index in [1.54, 1.807) is 0 Å². The fourth-order valence-electron chi connectivity index (χ4n) is 3.21. The van der Waals surface area contributed by atoms with Crippen molar-refractivity contribution in [2.75, 3.05) is 29.9 Å². The van der Waals surface area contributed by atoms with Crippen LogP contribution in [-0.2, 0) is 6.42 Å². The van der Waals surface area contributed by atoms with Crippen molar-refractivity contribution in [3.8, 4) is 0 Å². The van der Waals surface area contributed by atoms with Gasteiger partial charge in [0, 0.05) is 35.5 Å². The fourth-order valence-corrected chi connectivity index (χ4v) is 3.68. The second-order valence-corrected chi connectivity index (χ2v) is 7.68. The third-order valence-electron chi connectivity index (χ3n) is 4.51. The van der Waals surface area contributed by atoms with Gasteiger partial charge in [-0.05, 0) is 73.8 Å². The second-order valence-electron chi connectivity index (χ2n) is 6.42. The van der Waals surface area contributed by atoms with Gasteiger partial charge in [0.25, 0.3) is 0 Å². The summed E-state index contributed by atoms with van der Waals surface area (Å²) < 4.78 is 1.11. The second kappa shape index (κ2) is 8.68. The first kappa shape index (κ1) is 18.2. The molecule has 0 unspecified atom stereocenters. The molecule has 0 fully saturated rings. The monoisotopic (exact) mass is 417 g/mol. The zero-order chi connectivity index (χ0) is 17.6. The van der Waals surface area contributed by atoms with Gasteiger partial charge in [0.2, 0.25) is 0 Å². The Hall–Kier alpha value is -1.59. The first-order valence-electron chi connectivity index (χ1n) is 8.77. The van der Waals surface area contributed by atoms with Crippen molar-refractivity contribution in [1.29, 1.82) is 0 Å². The number of thiocarbonyl (C=S) groups is 1. The molecule has 0 aliphatic carbocycles. The van der Waals surface area contributed by atoms with Gasteiger partial charge in [0.15, 0.2) is 5.11 Å². The lowest BCUT2D eigenvalue weighted by atomic mass is 10.0. The number of hydrogen-bond acceptors (Lipinski definition) is 2. The van der Waals surface area contributed by atoms with Crippen LogP contribution in [0.3, 0.4) is 0 Å². The molecule has 0 atom stereocenters. The van der Waals surface area contributed by atoms with E-state index >= 15 is 0 Å². The summed E-state index contributed by atoms with van der Waals surface area (Å²) in [5.74, 6) is 0. The van der Waals surface area contributed by atoms with Gasteiger partial charge >= 0.3 is 0 Å². The third-order valence-corrected chi connectivity index (χ3v) is 5.65. The van der Waals surface area contributed by atoms with E-state index in [1.807, 2.05) is 12.1 Å². The van der Waals surface area contributed by atoms with Gasteiger partial charge in [-0.1, -0.05) is 34.1 Å². The number of anilines is 2. The number of rotatable bonds is 5. The van der Waals surface area contributed by atoms with Gasteiger partial charge in [-0.15, -0.1) is 0 Å². The summed E-state index contributed by atoms with van der Waals surface area (Å²) in [5, 5.41) is 7.24. The Morgan fingerprint density at radius 3 is 2.92 bits per heavy atom. The van der Waals surface area contributed by atoms with Gasteiger partial charge in [0.05, 0.1) is 0 Å². The predicted octanol–water partition coefficient (Wildman–Crippen LogP) is 4.89. The molecule has 0 radical (unpaired) electrons. The van der Waals surface area contributed by atoms with Crippen LogP contribution in [0.2, 0.25) is 0 Å². The normalized spacial score (nSPS) is 13.3. The lowest BCUT2D eigenvalue weighted by Crippen LogP contribution is -2.34. The molecule has 1 aliphatic heterocycles. The Labute approximate surface area is 163 Å². The number of nitrogens with one attached hydrogen (secondary N) is 2. The highest BCUT2D eigenvalue weighted by Gasteiger charge is 2.15. The molecule has 132 valence electrons. The van der Waals surface area contributed by atoms with E-state index in [0.717, 1.165) is 36.2 Å². The zero-order valence-electron chi connectivity index (χ0n) is 14.5. The fraction of sp³-hybridized carbons (Fsp3) is 0.350. The van der Waals surface area contributed by atoms with Crippen molar-refractivity contribution in [2.24, 2.45) is 0 Å². The molecule has 1 aliphatic rings. The average molecular weight is 418 g/mol. The van der Waals surface area contributed by atoms with Crippen molar-refractivity contribution >= 4 is 44.6 Å². The molecule has 5 heteroatoms. The van der Waals surface area contributed by atoms with Crippen LogP contribution in [-0.4, -0.2) is 24.7 Å². The number of benzene rings is 2. The minimum absolute atomic E-state index is 0.681. The van der Waals surface area contributed by atoms with E-state index in [2.05, 4.69) is 68.7 Å². The van der Waals surface area contributed by atoms with Crippen molar-refractivity contribution < 1.29 is 0 Å². The number of aryl methyl sites for hydroxylation is 2. The highest BCUT2D eigenvalue weighted by molar-refractivity contribution is 9.10. The Bertz CT molecular complexity index is 747. The molecule has 0 bridgehead atoms. The molecule has 0 aromatic heterocycles. The summed E-state index contributed by atoms with van der Waals surface area (Å²) in [6, 6.07) is 14.9. The largest absolute Gasteiger partial charge is 0.371 e. The average Bonchev–Trinajstić information content (AvgIpc) is 2.62. The van der Waals surface area contributed by atoms with Crippen LogP contribution in [0.4, 0.5) is 11.4 Å². The lowest BCUT2D eigenvalue weighted by Gasteiger charge is -2.31. The Morgan fingerprint density at radius 1 is 1.24 bits per heavy atom. The molecular weight excluding hydrogens is 394 g/mol. The molecule has 0 saturated carbocycles. The maximum atomic E-state index is 5.40. The van der Waals surface area contributed by atoms with Gasteiger partial charge in [0.1, 0.15) is 0 Å². The standard InChI is InChI=1S/C20H24BrN3S/c1-15-14-17(9-10-18(15)21)23-20(25)22-11-5-13-24-12-4-7-16-6-2-3-8-19(16)24/h2-3,6,8-10,14H,4-5,7,11-13H2,1H3,(H2,22,23,25). The predicted molar refractivity (Wildman–Crippen MR) is 115 cm³/mol. The van der Waals surface area contributed by atoms with Crippen LogP contribution < -0.4 is 15.5 Å². The molecule has 2 N–H and O–H groups in total. The molecule has 3 rings (SSSR count). The molecule has 0 spiro atoms. The van der Waals surface area contributed by atoms with Crippen LogP contribution in [0, 0.1) is 6.92 Å². The minimum Gasteiger partial charge on any atom is -0.371 e. The summed E-state index contributed by atoms with van der Waals surface area (Å²) >= 11 is 8.91. The van der Waals surface area contributed by atoms with Crippen molar-refractivity contribution in [3.05, 3.63) is 58.1 Å². The maximum Gasteiger partial charge on any atom is 0.170 e. The third kappa shape index (κ3) is 4.95. The van der Waals surface area contributed by atoms with Crippen molar-refractivity contribution in [2.45, 2.75) is 26.2 Å². The number of para-hydroxylation sites is 1. The summed E-state index contributed by atoms with van der Waals surface area (Å²) in [5.41, 5.74) is 5.09. The molecule has 0 saturated heterocycles. The van der Waals surface area contributed by atoms with Crippen LogP contribution in [0.5, 0.6) is 0 Å². The van der Waals surface area contributed by atoms with Crippen LogP contribution >= 0.6 is 28.1 Å². The van der Waals surface area contributed by atoms with Crippen molar-refractivity contribution in [1.82, 2.24) is 5.32 Å². The summed E-state index contributed by atoms with van der Waals surface area (Å²) in [6.45, 7) is 5.16. The van der Waals surface area contributed by atoms with E-state index in [-0.39, 0.29) is 0 Å². The van der Waals surface area contributed by atoms with E-state index in [1.165, 1.54) is 29.7 Å². The minimum atomic E-state index is 0.681. The number of halogens is 1. The maximum absolute atomic E-state index is 5.40. The molecule has 2 aromatic carbocycles. The van der Waals surface area contributed by atoms with Crippen LogP contribution in [0.25, 0.3) is 0 Å². The number of fused-ring (bicyclic) bond motifs is 1. The first-order chi connectivity index (χ1) is 12.1. The Balaban J connectivity index is 1.43. The Kier molecular flexibility index (Phi) is 6.32. The SMILES string of the molecule is Cc1cc(NC(=S)NCCCN2CCCc3ccccc32)ccc1Br. The van der Waals surface area contributed by atoms with Gasteiger partial charge < -0.3 is 15.5 Å².